The molecule has 3 heterocycles. The molecule has 1 aromatic heterocycles. The zero-order chi connectivity index (χ0) is 14.1. The largest absolute Gasteiger partial charge is 0.444 e. The van der Waals surface area contributed by atoms with Crippen LogP contribution < -0.4 is 20.7 Å². The van der Waals surface area contributed by atoms with Crippen molar-refractivity contribution in [2.45, 2.75) is 12.5 Å². The fourth-order valence-electron chi connectivity index (χ4n) is 2.15. The van der Waals surface area contributed by atoms with Crippen LogP contribution in [-0.2, 0) is 9.53 Å². The highest BCUT2D eigenvalue weighted by Gasteiger charge is 2.33. The minimum Gasteiger partial charge on any atom is -0.444 e. The van der Waals surface area contributed by atoms with E-state index in [0.717, 1.165) is 0 Å². The number of amides is 1. The lowest BCUT2D eigenvalue weighted by atomic mass is 10.2. The highest BCUT2D eigenvalue weighted by molar-refractivity contribution is 5.89. The third kappa shape index (κ3) is 2.25. The summed E-state index contributed by atoms with van der Waals surface area (Å²) in [5.41, 5.74) is 6.08. The second-order valence-corrected chi connectivity index (χ2v) is 4.54. The quantitative estimate of drug-likeness (QED) is 0.754. The Hall–Kier alpha value is -2.35. The number of anilines is 2. The molecule has 1 aromatic rings. The fourth-order valence-corrected chi connectivity index (χ4v) is 2.15. The number of rotatable bonds is 3. The molecule has 2 aliphatic heterocycles. The molecule has 1 fully saturated rings. The monoisotopic (exact) mass is 278 g/mol. The number of carbonyl (C=O) groups excluding carboxylic acids is 2. The van der Waals surface area contributed by atoms with Crippen LogP contribution in [0.5, 0.6) is 5.88 Å². The number of fused-ring (bicyclic) bond motifs is 1. The summed E-state index contributed by atoms with van der Waals surface area (Å²) in [5.74, 6) is 0.158. The molecule has 0 spiro atoms. The lowest BCUT2D eigenvalue weighted by molar-refractivity contribution is -0.133. The molecule has 1 atom stereocenters. The van der Waals surface area contributed by atoms with Crippen molar-refractivity contribution in [2.75, 3.05) is 29.9 Å². The Morgan fingerprint density at radius 2 is 2.30 bits per heavy atom. The number of aromatic nitrogens is 1. The first-order chi connectivity index (χ1) is 9.67. The molecule has 1 unspecified atom stereocenters. The molecule has 0 radical (unpaired) electrons. The van der Waals surface area contributed by atoms with Crippen LogP contribution in [0.1, 0.15) is 6.42 Å². The van der Waals surface area contributed by atoms with E-state index >= 15 is 0 Å². The maximum Gasteiger partial charge on any atom is 0.415 e. The summed E-state index contributed by atoms with van der Waals surface area (Å²) in [7, 11) is 0. The van der Waals surface area contributed by atoms with Gasteiger partial charge in [-0.25, -0.2) is 9.59 Å². The number of carbonyl (C=O) groups is 2. The Bertz CT molecular complexity index is 562. The first kappa shape index (κ1) is 12.7. The number of esters is 1. The van der Waals surface area contributed by atoms with Gasteiger partial charge in [0, 0.05) is 0 Å². The summed E-state index contributed by atoms with van der Waals surface area (Å²) in [5, 5.41) is 2.88. The maximum atomic E-state index is 11.8. The van der Waals surface area contributed by atoms with Crippen molar-refractivity contribution in [1.82, 2.24) is 4.98 Å². The summed E-state index contributed by atoms with van der Waals surface area (Å²) in [6.07, 6.45) is -0.0963. The summed E-state index contributed by atoms with van der Waals surface area (Å²) < 4.78 is 10.2. The van der Waals surface area contributed by atoms with Gasteiger partial charge in [0.15, 0.2) is 0 Å². The molecular formula is C12H14N4O4. The van der Waals surface area contributed by atoms with Gasteiger partial charge in [-0.3, -0.25) is 4.90 Å². The average Bonchev–Trinajstić information content (AvgIpc) is 2.79. The highest BCUT2D eigenvalue weighted by atomic mass is 16.6. The van der Waals surface area contributed by atoms with Crippen LogP contribution in [0.15, 0.2) is 12.1 Å². The van der Waals surface area contributed by atoms with Crippen molar-refractivity contribution < 1.29 is 19.1 Å². The number of cyclic esters (lactones) is 1. The van der Waals surface area contributed by atoms with Crippen molar-refractivity contribution in [1.29, 1.82) is 0 Å². The molecule has 0 aromatic carbocycles. The molecule has 2 aliphatic rings. The van der Waals surface area contributed by atoms with Crippen molar-refractivity contribution in [3.8, 4) is 5.88 Å². The van der Waals surface area contributed by atoms with E-state index in [2.05, 4.69) is 10.3 Å². The number of nitrogens with one attached hydrogen (secondary N) is 1. The summed E-state index contributed by atoms with van der Waals surface area (Å²) in [4.78, 5) is 28.6. The van der Waals surface area contributed by atoms with Crippen LogP contribution in [0.4, 0.5) is 16.3 Å². The van der Waals surface area contributed by atoms with Crippen LogP contribution in [0.3, 0.4) is 0 Å². The van der Waals surface area contributed by atoms with Gasteiger partial charge in [-0.15, -0.1) is 0 Å². The molecule has 3 rings (SSSR count). The van der Waals surface area contributed by atoms with E-state index < -0.39 is 12.1 Å². The Labute approximate surface area is 114 Å². The van der Waals surface area contributed by atoms with Crippen molar-refractivity contribution in [2.24, 2.45) is 5.73 Å². The second kappa shape index (κ2) is 4.97. The molecule has 0 aliphatic carbocycles. The molecule has 8 heteroatoms. The standard InChI is InChI=1S/C12H14N4O4/c13-4-3-7-6-16(12(18)19-7)9-2-1-8-11(15-9)20-10(17)5-14-8/h1-2,7,14H,3-6,13H2. The van der Waals surface area contributed by atoms with Gasteiger partial charge < -0.3 is 20.5 Å². The SMILES string of the molecule is NCCC1CN(c2ccc3c(n2)OC(=O)CN3)C(=O)O1. The number of pyridine rings is 1. The lowest BCUT2D eigenvalue weighted by Crippen LogP contribution is -2.28. The zero-order valence-electron chi connectivity index (χ0n) is 10.7. The Kier molecular flexibility index (Phi) is 3.15. The van der Waals surface area contributed by atoms with E-state index in [1.165, 1.54) is 4.90 Å². The minimum absolute atomic E-state index is 0.109. The predicted molar refractivity (Wildman–Crippen MR) is 69.6 cm³/mol. The zero-order valence-corrected chi connectivity index (χ0v) is 10.7. The Balaban J connectivity index is 1.82. The van der Waals surface area contributed by atoms with E-state index in [0.29, 0.717) is 31.0 Å². The Morgan fingerprint density at radius 1 is 1.45 bits per heavy atom. The van der Waals surface area contributed by atoms with Gasteiger partial charge in [0.2, 0.25) is 5.88 Å². The molecule has 0 saturated carbocycles. The molecule has 106 valence electrons. The normalized spacial score (nSPS) is 21.1. The molecule has 0 bridgehead atoms. The first-order valence-electron chi connectivity index (χ1n) is 6.31. The van der Waals surface area contributed by atoms with Crippen LogP contribution >= 0.6 is 0 Å². The average molecular weight is 278 g/mol. The van der Waals surface area contributed by atoms with Crippen LogP contribution in [0, 0.1) is 0 Å². The predicted octanol–water partition coefficient (Wildman–Crippen LogP) is 0.0865. The third-order valence-corrected chi connectivity index (χ3v) is 3.12. The van der Waals surface area contributed by atoms with E-state index in [1.807, 2.05) is 0 Å². The number of hydrogen-bond acceptors (Lipinski definition) is 7. The van der Waals surface area contributed by atoms with Crippen LogP contribution in [0.25, 0.3) is 0 Å². The summed E-state index contributed by atoms with van der Waals surface area (Å²) >= 11 is 0. The maximum absolute atomic E-state index is 11.8. The van der Waals surface area contributed by atoms with Gasteiger partial charge >= 0.3 is 12.1 Å². The first-order valence-corrected chi connectivity index (χ1v) is 6.31. The molecule has 1 saturated heterocycles. The number of ether oxygens (including phenoxy) is 2. The van der Waals surface area contributed by atoms with Crippen molar-refractivity contribution >= 4 is 23.6 Å². The van der Waals surface area contributed by atoms with Gasteiger partial charge in [-0.1, -0.05) is 0 Å². The van der Waals surface area contributed by atoms with Gasteiger partial charge in [-0.2, -0.15) is 4.98 Å². The topological polar surface area (TPSA) is 107 Å². The molecule has 3 N–H and O–H groups in total. The highest BCUT2D eigenvalue weighted by Crippen LogP contribution is 2.30. The van der Waals surface area contributed by atoms with E-state index in [1.54, 1.807) is 12.1 Å². The van der Waals surface area contributed by atoms with Crippen LogP contribution in [0.2, 0.25) is 0 Å². The van der Waals surface area contributed by atoms with Gasteiger partial charge in [0.1, 0.15) is 18.5 Å². The van der Waals surface area contributed by atoms with Gasteiger partial charge in [-0.05, 0) is 25.1 Å². The number of hydrogen-bond donors (Lipinski definition) is 2. The molecule has 20 heavy (non-hydrogen) atoms. The van der Waals surface area contributed by atoms with E-state index in [-0.39, 0.29) is 18.5 Å². The third-order valence-electron chi connectivity index (χ3n) is 3.12. The lowest BCUT2D eigenvalue weighted by Gasteiger charge is -2.19. The smallest absolute Gasteiger partial charge is 0.415 e. The summed E-state index contributed by atoms with van der Waals surface area (Å²) in [6, 6.07) is 3.39. The number of nitrogens with zero attached hydrogens (tertiary/aromatic N) is 2. The number of nitrogens with two attached hydrogens (primary N) is 1. The van der Waals surface area contributed by atoms with Crippen molar-refractivity contribution in [3.05, 3.63) is 12.1 Å². The van der Waals surface area contributed by atoms with E-state index in [9.17, 15) is 9.59 Å². The molecule has 1 amide bonds. The summed E-state index contributed by atoms with van der Waals surface area (Å²) in [6.45, 7) is 0.951. The van der Waals surface area contributed by atoms with Crippen LogP contribution in [-0.4, -0.2) is 42.8 Å². The van der Waals surface area contributed by atoms with E-state index in [4.69, 9.17) is 15.2 Å². The molecular weight excluding hydrogens is 264 g/mol. The van der Waals surface area contributed by atoms with Gasteiger partial charge in [0.25, 0.3) is 0 Å². The van der Waals surface area contributed by atoms with Crippen molar-refractivity contribution in [3.63, 3.8) is 0 Å². The fraction of sp³-hybridized carbons (Fsp3) is 0.417. The molecule has 8 nitrogen and oxygen atoms in total. The minimum atomic E-state index is -0.467. The Morgan fingerprint density at radius 3 is 3.10 bits per heavy atom. The second-order valence-electron chi connectivity index (χ2n) is 4.54. The van der Waals surface area contributed by atoms with Gasteiger partial charge in [0.05, 0.1) is 12.2 Å².